The van der Waals surface area contributed by atoms with Crippen LogP contribution in [0.2, 0.25) is 0 Å². The fraction of sp³-hybridized carbons (Fsp3) is 0.250. The van der Waals surface area contributed by atoms with Gasteiger partial charge >= 0.3 is 0 Å². The molecule has 0 saturated carbocycles. The summed E-state index contributed by atoms with van der Waals surface area (Å²) in [5.74, 6) is -3.86. The van der Waals surface area contributed by atoms with Crippen LogP contribution in [0.15, 0.2) is 12.1 Å². The molecule has 0 spiro atoms. The van der Waals surface area contributed by atoms with E-state index < -0.39 is 17.5 Å². The number of hydrogen-bond donors (Lipinski definition) is 2. The van der Waals surface area contributed by atoms with Gasteiger partial charge in [-0.25, -0.2) is 13.2 Å². The van der Waals surface area contributed by atoms with Gasteiger partial charge in [0.05, 0.1) is 5.69 Å². The molecule has 0 unspecified atom stereocenters. The standard InChI is InChI=1S/C12H10F3N3/c13-8-2-1-6(10(14)11(8)15)12-7-5-16-4-3-9(7)17-18-12/h1-2,16H,3-5H2,(H,17,18). The molecule has 0 fully saturated rings. The predicted octanol–water partition coefficient (Wildman–Crippen LogP) is 2.14. The molecule has 3 rings (SSSR count). The van der Waals surface area contributed by atoms with E-state index in [-0.39, 0.29) is 5.56 Å². The van der Waals surface area contributed by atoms with Gasteiger partial charge in [-0.3, -0.25) is 5.10 Å². The Kier molecular flexibility index (Phi) is 2.59. The lowest BCUT2D eigenvalue weighted by atomic mass is 10.0. The van der Waals surface area contributed by atoms with E-state index in [0.29, 0.717) is 12.2 Å². The van der Waals surface area contributed by atoms with E-state index in [1.54, 1.807) is 0 Å². The van der Waals surface area contributed by atoms with Gasteiger partial charge < -0.3 is 5.32 Å². The summed E-state index contributed by atoms with van der Waals surface area (Å²) in [4.78, 5) is 0. The van der Waals surface area contributed by atoms with Crippen molar-refractivity contribution >= 4 is 0 Å². The maximum atomic E-state index is 13.7. The minimum Gasteiger partial charge on any atom is -0.312 e. The second-order valence-corrected chi connectivity index (χ2v) is 4.18. The molecule has 0 atom stereocenters. The molecule has 0 bridgehead atoms. The molecule has 0 radical (unpaired) electrons. The fourth-order valence-corrected chi connectivity index (χ4v) is 2.16. The molecule has 2 aromatic rings. The molecule has 0 amide bonds. The van der Waals surface area contributed by atoms with Crippen LogP contribution in [-0.2, 0) is 13.0 Å². The predicted molar refractivity (Wildman–Crippen MR) is 59.3 cm³/mol. The number of benzene rings is 1. The van der Waals surface area contributed by atoms with Crippen molar-refractivity contribution in [2.75, 3.05) is 6.54 Å². The highest BCUT2D eigenvalue weighted by atomic mass is 19.2. The van der Waals surface area contributed by atoms with E-state index in [9.17, 15) is 13.2 Å². The number of nitrogens with one attached hydrogen (secondary N) is 2. The lowest BCUT2D eigenvalue weighted by molar-refractivity contribution is 0.448. The highest BCUT2D eigenvalue weighted by molar-refractivity contribution is 5.65. The van der Waals surface area contributed by atoms with Crippen molar-refractivity contribution in [2.45, 2.75) is 13.0 Å². The van der Waals surface area contributed by atoms with Crippen LogP contribution in [0, 0.1) is 17.5 Å². The van der Waals surface area contributed by atoms with Crippen LogP contribution in [0.5, 0.6) is 0 Å². The Balaban J connectivity index is 2.16. The largest absolute Gasteiger partial charge is 0.312 e. The van der Waals surface area contributed by atoms with Crippen molar-refractivity contribution in [1.29, 1.82) is 0 Å². The zero-order valence-corrected chi connectivity index (χ0v) is 9.36. The highest BCUT2D eigenvalue weighted by Crippen LogP contribution is 2.29. The zero-order chi connectivity index (χ0) is 12.7. The number of aromatic amines is 1. The summed E-state index contributed by atoms with van der Waals surface area (Å²) >= 11 is 0. The summed E-state index contributed by atoms with van der Waals surface area (Å²) < 4.78 is 39.8. The zero-order valence-electron chi connectivity index (χ0n) is 9.36. The van der Waals surface area contributed by atoms with Crippen molar-refractivity contribution in [3.05, 3.63) is 40.8 Å². The minimum atomic E-state index is -1.46. The third-order valence-corrected chi connectivity index (χ3v) is 3.10. The van der Waals surface area contributed by atoms with Gasteiger partial charge in [-0.15, -0.1) is 0 Å². The Morgan fingerprint density at radius 1 is 1.11 bits per heavy atom. The average molecular weight is 253 g/mol. The molecule has 0 aliphatic carbocycles. The van der Waals surface area contributed by atoms with E-state index in [2.05, 4.69) is 15.5 Å². The summed E-state index contributed by atoms with van der Waals surface area (Å²) in [6.07, 6.45) is 0.758. The van der Waals surface area contributed by atoms with Gasteiger partial charge in [0.25, 0.3) is 0 Å². The van der Waals surface area contributed by atoms with Crippen LogP contribution in [-0.4, -0.2) is 16.7 Å². The van der Waals surface area contributed by atoms with Gasteiger partial charge in [-0.1, -0.05) is 0 Å². The van der Waals surface area contributed by atoms with Crippen molar-refractivity contribution in [3.63, 3.8) is 0 Å². The number of aromatic nitrogens is 2. The van der Waals surface area contributed by atoms with Crippen LogP contribution in [0.1, 0.15) is 11.3 Å². The van der Waals surface area contributed by atoms with E-state index in [0.717, 1.165) is 30.3 Å². The smallest absolute Gasteiger partial charge is 0.195 e. The second-order valence-electron chi connectivity index (χ2n) is 4.18. The highest BCUT2D eigenvalue weighted by Gasteiger charge is 2.22. The lowest BCUT2D eigenvalue weighted by Crippen LogP contribution is -2.23. The van der Waals surface area contributed by atoms with Crippen molar-refractivity contribution in [3.8, 4) is 11.3 Å². The SMILES string of the molecule is Fc1ccc(-c2n[nH]c3c2CNCC3)c(F)c1F. The van der Waals surface area contributed by atoms with Crippen LogP contribution in [0.3, 0.4) is 0 Å². The molecule has 1 aliphatic rings. The molecule has 1 aliphatic heterocycles. The normalized spacial score (nSPS) is 14.6. The second kappa shape index (κ2) is 4.13. The van der Waals surface area contributed by atoms with E-state index >= 15 is 0 Å². The molecular weight excluding hydrogens is 243 g/mol. The Labute approximate surface area is 101 Å². The van der Waals surface area contributed by atoms with Crippen LogP contribution in [0.25, 0.3) is 11.3 Å². The van der Waals surface area contributed by atoms with E-state index in [1.165, 1.54) is 6.07 Å². The Morgan fingerprint density at radius 2 is 1.94 bits per heavy atom. The molecule has 2 heterocycles. The molecular formula is C12H10F3N3. The van der Waals surface area contributed by atoms with E-state index in [4.69, 9.17) is 0 Å². The summed E-state index contributed by atoms with van der Waals surface area (Å²) in [6.45, 7) is 1.36. The molecule has 3 nitrogen and oxygen atoms in total. The Morgan fingerprint density at radius 3 is 2.78 bits per heavy atom. The van der Waals surface area contributed by atoms with Gasteiger partial charge in [0.1, 0.15) is 0 Å². The van der Waals surface area contributed by atoms with Crippen LogP contribution in [0.4, 0.5) is 13.2 Å². The summed E-state index contributed by atoms with van der Waals surface area (Å²) in [5.41, 5.74) is 2.04. The monoisotopic (exact) mass is 253 g/mol. The van der Waals surface area contributed by atoms with Crippen molar-refractivity contribution in [2.24, 2.45) is 0 Å². The third-order valence-electron chi connectivity index (χ3n) is 3.10. The number of hydrogen-bond acceptors (Lipinski definition) is 2. The number of nitrogens with zero attached hydrogens (tertiary/aromatic N) is 1. The number of fused-ring (bicyclic) bond motifs is 1. The maximum Gasteiger partial charge on any atom is 0.195 e. The van der Waals surface area contributed by atoms with E-state index in [1.807, 2.05) is 0 Å². The minimum absolute atomic E-state index is 0.0184. The first-order valence-electron chi connectivity index (χ1n) is 5.59. The molecule has 94 valence electrons. The van der Waals surface area contributed by atoms with Crippen molar-refractivity contribution < 1.29 is 13.2 Å². The van der Waals surface area contributed by atoms with Crippen molar-refractivity contribution in [1.82, 2.24) is 15.5 Å². The first-order valence-corrected chi connectivity index (χ1v) is 5.59. The Hall–Kier alpha value is -1.82. The topological polar surface area (TPSA) is 40.7 Å². The first-order chi connectivity index (χ1) is 8.68. The number of halogens is 3. The summed E-state index contributed by atoms with van der Waals surface area (Å²) in [7, 11) is 0. The van der Waals surface area contributed by atoms with Gasteiger partial charge in [-0.2, -0.15) is 5.10 Å². The summed E-state index contributed by atoms with van der Waals surface area (Å²) in [6, 6.07) is 2.11. The lowest BCUT2D eigenvalue weighted by Gasteiger charge is -2.13. The molecule has 0 saturated heterocycles. The molecule has 2 N–H and O–H groups in total. The quantitative estimate of drug-likeness (QED) is 0.764. The number of H-pyrrole nitrogens is 1. The van der Waals surface area contributed by atoms with Gasteiger partial charge in [0.2, 0.25) is 0 Å². The first kappa shape index (κ1) is 11.3. The summed E-state index contributed by atoms with van der Waals surface area (Å²) in [5, 5.41) is 9.95. The van der Waals surface area contributed by atoms with Crippen LogP contribution >= 0.6 is 0 Å². The molecule has 18 heavy (non-hydrogen) atoms. The number of rotatable bonds is 1. The van der Waals surface area contributed by atoms with Crippen LogP contribution < -0.4 is 5.32 Å². The Bertz CT molecular complexity index is 607. The average Bonchev–Trinajstić information content (AvgIpc) is 2.80. The maximum absolute atomic E-state index is 13.7. The molecule has 1 aromatic carbocycles. The van der Waals surface area contributed by atoms with Gasteiger partial charge in [0, 0.05) is 36.3 Å². The molecule has 6 heteroatoms. The fourth-order valence-electron chi connectivity index (χ4n) is 2.16. The third kappa shape index (κ3) is 1.60. The van der Waals surface area contributed by atoms with Gasteiger partial charge in [-0.05, 0) is 12.1 Å². The van der Waals surface area contributed by atoms with Gasteiger partial charge in [0.15, 0.2) is 17.5 Å². The molecule has 1 aromatic heterocycles.